The van der Waals surface area contributed by atoms with Crippen molar-refractivity contribution >= 4 is 0 Å². The molecule has 0 aliphatic carbocycles. The summed E-state index contributed by atoms with van der Waals surface area (Å²) < 4.78 is 0. The molecule has 0 fully saturated rings. The maximum absolute atomic E-state index is 9.10. The lowest BCUT2D eigenvalue weighted by Crippen LogP contribution is -2.46. The molecule has 0 amide bonds. The molecule has 0 saturated heterocycles. The smallest absolute Gasteiger partial charge is 0.0431 e. The summed E-state index contributed by atoms with van der Waals surface area (Å²) in [5.41, 5.74) is 6.00. The van der Waals surface area contributed by atoms with Crippen LogP contribution in [0.3, 0.4) is 0 Å². The van der Waals surface area contributed by atoms with Gasteiger partial charge in [-0.1, -0.05) is 48.5 Å². The molecule has 22 heavy (non-hydrogen) atoms. The molecule has 2 aliphatic rings. The minimum atomic E-state index is 0.310. The number of aliphatic hydroxyl groups is 1. The van der Waals surface area contributed by atoms with Crippen molar-refractivity contribution in [3.8, 4) is 0 Å². The van der Waals surface area contributed by atoms with Crippen LogP contribution in [-0.4, -0.2) is 22.7 Å². The Hall–Kier alpha value is -1.64. The summed E-state index contributed by atoms with van der Waals surface area (Å²) in [5, 5.41) is 9.10. The fraction of sp³-hybridized carbons (Fsp3) is 0.400. The molecule has 0 aromatic heterocycles. The number of aliphatic hydroxyl groups excluding tert-OH is 1. The van der Waals surface area contributed by atoms with Crippen molar-refractivity contribution in [1.82, 2.24) is 4.90 Å². The fourth-order valence-corrected chi connectivity index (χ4v) is 4.30. The second-order valence-corrected chi connectivity index (χ2v) is 6.57. The third-order valence-electron chi connectivity index (χ3n) is 5.29. The Morgan fingerprint density at radius 3 is 2.05 bits per heavy atom. The molecule has 0 spiro atoms. The minimum absolute atomic E-state index is 0.310. The monoisotopic (exact) mass is 293 g/mol. The quantitative estimate of drug-likeness (QED) is 0.869. The third kappa shape index (κ3) is 2.27. The van der Waals surface area contributed by atoms with Crippen molar-refractivity contribution in [2.45, 2.75) is 44.3 Å². The highest BCUT2D eigenvalue weighted by atomic mass is 16.2. The fourth-order valence-electron chi connectivity index (χ4n) is 4.30. The van der Waals surface area contributed by atoms with Crippen LogP contribution in [-0.2, 0) is 13.1 Å². The summed E-state index contributed by atoms with van der Waals surface area (Å²) in [7, 11) is 0. The Labute approximate surface area is 132 Å². The predicted octanol–water partition coefficient (Wildman–Crippen LogP) is 3.68. The zero-order valence-corrected chi connectivity index (χ0v) is 12.9. The molecular weight excluding hydrogens is 270 g/mol. The standard InChI is InChI=1S/C20H23NO/c22-12-6-5-11-19-20-17-9-3-1-7-15(17)13-21(19)14-16-8-2-4-10-18(16)20/h1-4,7-10,19-20,22H,5-6,11-14H2. The maximum atomic E-state index is 9.10. The van der Waals surface area contributed by atoms with Crippen LogP contribution in [0.2, 0.25) is 0 Å². The average molecular weight is 293 g/mol. The summed E-state index contributed by atoms with van der Waals surface area (Å²) in [4.78, 5) is 2.65. The normalized spacial score (nSPS) is 25.4. The van der Waals surface area contributed by atoms with Crippen molar-refractivity contribution in [3.63, 3.8) is 0 Å². The molecule has 2 bridgehead atoms. The number of benzene rings is 2. The Bertz CT molecular complexity index is 617. The first-order chi connectivity index (χ1) is 10.9. The highest BCUT2D eigenvalue weighted by Crippen LogP contribution is 2.45. The zero-order valence-electron chi connectivity index (χ0n) is 12.9. The molecule has 4 rings (SSSR count). The molecule has 2 nitrogen and oxygen atoms in total. The number of hydrogen-bond donors (Lipinski definition) is 1. The van der Waals surface area contributed by atoms with Gasteiger partial charge in [0.15, 0.2) is 0 Å². The van der Waals surface area contributed by atoms with E-state index in [2.05, 4.69) is 53.4 Å². The summed E-state index contributed by atoms with van der Waals surface area (Å²) in [6, 6.07) is 18.5. The van der Waals surface area contributed by atoms with E-state index in [9.17, 15) is 0 Å². The van der Waals surface area contributed by atoms with Crippen molar-refractivity contribution in [2.24, 2.45) is 0 Å². The van der Waals surface area contributed by atoms with E-state index < -0.39 is 0 Å². The Kier molecular flexibility index (Phi) is 3.73. The molecule has 1 N–H and O–H groups in total. The van der Waals surface area contributed by atoms with E-state index in [1.54, 1.807) is 0 Å². The van der Waals surface area contributed by atoms with Gasteiger partial charge in [0.1, 0.15) is 0 Å². The lowest BCUT2D eigenvalue weighted by Gasteiger charge is -2.47. The van der Waals surface area contributed by atoms with Crippen molar-refractivity contribution in [1.29, 1.82) is 0 Å². The number of rotatable bonds is 4. The summed E-state index contributed by atoms with van der Waals surface area (Å²) >= 11 is 0. The largest absolute Gasteiger partial charge is 0.396 e. The molecule has 1 unspecified atom stereocenters. The minimum Gasteiger partial charge on any atom is -0.396 e. The highest BCUT2D eigenvalue weighted by molar-refractivity contribution is 5.47. The van der Waals surface area contributed by atoms with E-state index in [0.717, 1.165) is 25.9 Å². The van der Waals surface area contributed by atoms with E-state index in [4.69, 9.17) is 5.11 Å². The van der Waals surface area contributed by atoms with Gasteiger partial charge in [-0.2, -0.15) is 0 Å². The van der Waals surface area contributed by atoms with Gasteiger partial charge in [0.2, 0.25) is 0 Å². The van der Waals surface area contributed by atoms with Gasteiger partial charge < -0.3 is 5.11 Å². The molecule has 0 radical (unpaired) electrons. The number of unbranched alkanes of at least 4 members (excludes halogenated alkanes) is 1. The van der Waals surface area contributed by atoms with Crippen LogP contribution in [0.25, 0.3) is 0 Å². The van der Waals surface area contributed by atoms with E-state index in [-0.39, 0.29) is 0 Å². The summed E-state index contributed by atoms with van der Waals surface area (Å²) in [6.07, 6.45) is 3.20. The van der Waals surface area contributed by atoms with Crippen LogP contribution in [0.4, 0.5) is 0 Å². The first-order valence-electron chi connectivity index (χ1n) is 8.39. The summed E-state index contributed by atoms with van der Waals surface area (Å²) in [5.74, 6) is 0.494. The van der Waals surface area contributed by atoms with E-state index in [1.165, 1.54) is 28.7 Å². The second-order valence-electron chi connectivity index (χ2n) is 6.57. The van der Waals surface area contributed by atoms with Crippen LogP contribution in [0.15, 0.2) is 48.5 Å². The zero-order chi connectivity index (χ0) is 14.9. The second kappa shape index (κ2) is 5.86. The third-order valence-corrected chi connectivity index (χ3v) is 5.29. The maximum Gasteiger partial charge on any atom is 0.0431 e. The Morgan fingerprint density at radius 1 is 0.864 bits per heavy atom. The average Bonchev–Trinajstić information content (AvgIpc) is 2.55. The van der Waals surface area contributed by atoms with Gasteiger partial charge in [0.05, 0.1) is 0 Å². The van der Waals surface area contributed by atoms with Crippen LogP contribution in [0.5, 0.6) is 0 Å². The van der Waals surface area contributed by atoms with Crippen LogP contribution >= 0.6 is 0 Å². The molecular formula is C20H23NO. The van der Waals surface area contributed by atoms with Crippen LogP contribution < -0.4 is 0 Å². The molecule has 2 heterocycles. The van der Waals surface area contributed by atoms with Crippen molar-refractivity contribution in [2.75, 3.05) is 6.61 Å². The van der Waals surface area contributed by atoms with E-state index in [1.807, 2.05) is 0 Å². The highest BCUT2D eigenvalue weighted by Gasteiger charge is 2.39. The summed E-state index contributed by atoms with van der Waals surface area (Å²) in [6.45, 7) is 2.43. The Balaban J connectivity index is 1.77. The van der Waals surface area contributed by atoms with Gasteiger partial charge >= 0.3 is 0 Å². The lowest BCUT2D eigenvalue weighted by atomic mass is 9.73. The molecule has 1 atom stereocenters. The van der Waals surface area contributed by atoms with E-state index >= 15 is 0 Å². The van der Waals surface area contributed by atoms with Gasteiger partial charge in [0, 0.05) is 31.7 Å². The first-order valence-corrected chi connectivity index (χ1v) is 8.39. The van der Waals surface area contributed by atoms with Crippen molar-refractivity contribution < 1.29 is 5.11 Å². The predicted molar refractivity (Wildman–Crippen MR) is 88.7 cm³/mol. The topological polar surface area (TPSA) is 23.5 Å². The SMILES string of the molecule is OCCCCC1C2c3ccccc3CN1Cc1ccccc12. The van der Waals surface area contributed by atoms with E-state index in [0.29, 0.717) is 18.6 Å². The van der Waals surface area contributed by atoms with Gasteiger partial charge in [-0.3, -0.25) is 4.90 Å². The van der Waals surface area contributed by atoms with Gasteiger partial charge in [0.25, 0.3) is 0 Å². The van der Waals surface area contributed by atoms with Crippen molar-refractivity contribution in [3.05, 3.63) is 70.8 Å². The van der Waals surface area contributed by atoms with Crippen LogP contribution in [0.1, 0.15) is 47.4 Å². The lowest BCUT2D eigenvalue weighted by molar-refractivity contribution is 0.119. The van der Waals surface area contributed by atoms with Crippen LogP contribution in [0, 0.1) is 0 Å². The first kappa shape index (κ1) is 14.0. The number of hydrogen-bond acceptors (Lipinski definition) is 2. The Morgan fingerprint density at radius 2 is 1.45 bits per heavy atom. The molecule has 0 saturated carbocycles. The van der Waals surface area contributed by atoms with Gasteiger partial charge in [-0.05, 0) is 41.5 Å². The van der Waals surface area contributed by atoms with Gasteiger partial charge in [-0.15, -0.1) is 0 Å². The number of fused-ring (bicyclic) bond motifs is 6. The van der Waals surface area contributed by atoms with Gasteiger partial charge in [-0.25, -0.2) is 0 Å². The molecule has 2 aromatic carbocycles. The molecule has 114 valence electrons. The molecule has 2 heteroatoms. The number of nitrogens with zero attached hydrogens (tertiary/aromatic N) is 1. The molecule has 2 aliphatic heterocycles. The molecule has 2 aromatic rings.